The van der Waals surface area contributed by atoms with Crippen LogP contribution in [0.2, 0.25) is 0 Å². The van der Waals surface area contributed by atoms with Gasteiger partial charge in [-0.2, -0.15) is 0 Å². The normalized spacial score (nSPS) is 19.7. The van der Waals surface area contributed by atoms with Crippen molar-refractivity contribution in [2.24, 2.45) is 5.92 Å². The number of nitrogens with one attached hydrogen (secondary N) is 1. The van der Waals surface area contributed by atoms with E-state index in [1.54, 1.807) is 11.3 Å². The number of hydrogen-bond acceptors (Lipinski definition) is 5. The average Bonchev–Trinajstić information content (AvgIpc) is 3.14. The number of amides is 1. The highest BCUT2D eigenvalue weighted by Crippen LogP contribution is 2.37. The van der Waals surface area contributed by atoms with Crippen molar-refractivity contribution in [2.45, 2.75) is 38.6 Å². The Labute approximate surface area is 162 Å². The standard InChI is InChI=1S/C21H23N3O2S/c1-14-7-5-6-10-17(14)24-18(25)11-26-20-19-16(15-8-3-2-4-9-15)12-27-21(19)23-13-22-20/h2-4,8-9,12-14,17H,5-7,10-11H2,1H3,(H,24,25)/t14-,17-/m1/s1. The topological polar surface area (TPSA) is 64.1 Å². The molecule has 0 bridgehead atoms. The maximum Gasteiger partial charge on any atom is 0.258 e. The minimum atomic E-state index is -0.0861. The summed E-state index contributed by atoms with van der Waals surface area (Å²) in [6.45, 7) is 2.18. The molecule has 6 heteroatoms. The summed E-state index contributed by atoms with van der Waals surface area (Å²) in [6.07, 6.45) is 6.15. The summed E-state index contributed by atoms with van der Waals surface area (Å²) in [5.41, 5.74) is 2.12. The highest BCUT2D eigenvalue weighted by molar-refractivity contribution is 7.17. The Bertz CT molecular complexity index is 926. The van der Waals surface area contributed by atoms with Gasteiger partial charge in [-0.25, -0.2) is 9.97 Å². The first-order valence-electron chi connectivity index (χ1n) is 9.42. The molecule has 1 fully saturated rings. The second-order valence-corrected chi connectivity index (χ2v) is 7.96. The van der Waals surface area contributed by atoms with Crippen molar-refractivity contribution in [2.75, 3.05) is 6.61 Å². The second-order valence-electron chi connectivity index (χ2n) is 7.10. The highest BCUT2D eigenvalue weighted by atomic mass is 32.1. The van der Waals surface area contributed by atoms with Gasteiger partial charge in [-0.3, -0.25) is 4.79 Å². The molecule has 1 saturated carbocycles. The molecule has 2 atom stereocenters. The summed E-state index contributed by atoms with van der Waals surface area (Å²) in [6, 6.07) is 10.3. The molecule has 0 radical (unpaired) electrons. The van der Waals surface area contributed by atoms with Gasteiger partial charge >= 0.3 is 0 Å². The summed E-state index contributed by atoms with van der Waals surface area (Å²) in [4.78, 5) is 21.9. The summed E-state index contributed by atoms with van der Waals surface area (Å²) >= 11 is 1.55. The van der Waals surface area contributed by atoms with Gasteiger partial charge in [0.15, 0.2) is 6.61 Å². The fourth-order valence-electron chi connectivity index (χ4n) is 3.70. The molecule has 1 aliphatic rings. The van der Waals surface area contributed by atoms with E-state index in [1.807, 2.05) is 18.2 Å². The Hall–Kier alpha value is -2.47. The molecular weight excluding hydrogens is 358 g/mol. The van der Waals surface area contributed by atoms with Crippen LogP contribution in [-0.4, -0.2) is 28.5 Å². The Kier molecular flexibility index (Phi) is 5.34. The number of nitrogens with zero attached hydrogens (tertiary/aromatic N) is 2. The lowest BCUT2D eigenvalue weighted by atomic mass is 9.86. The van der Waals surface area contributed by atoms with Crippen molar-refractivity contribution in [3.05, 3.63) is 42.0 Å². The molecule has 2 heterocycles. The van der Waals surface area contributed by atoms with E-state index in [2.05, 4.69) is 39.7 Å². The minimum Gasteiger partial charge on any atom is -0.467 e. The van der Waals surface area contributed by atoms with Gasteiger partial charge in [0.05, 0.1) is 5.39 Å². The Morgan fingerprint density at radius 3 is 2.85 bits per heavy atom. The number of ether oxygens (including phenoxy) is 1. The van der Waals surface area contributed by atoms with E-state index in [1.165, 1.54) is 25.6 Å². The fraction of sp³-hybridized carbons (Fsp3) is 0.381. The third-order valence-corrected chi connectivity index (χ3v) is 6.10. The Morgan fingerprint density at radius 1 is 1.22 bits per heavy atom. The molecule has 0 unspecified atom stereocenters. The van der Waals surface area contributed by atoms with E-state index in [9.17, 15) is 4.79 Å². The molecule has 3 aromatic rings. The third kappa shape index (κ3) is 3.95. The van der Waals surface area contributed by atoms with Gasteiger partial charge < -0.3 is 10.1 Å². The maximum atomic E-state index is 12.4. The SMILES string of the molecule is C[C@@H]1CCCC[C@H]1NC(=O)COc1ncnc2scc(-c3ccccc3)c12. The van der Waals surface area contributed by atoms with Gasteiger partial charge in [0, 0.05) is 17.0 Å². The summed E-state index contributed by atoms with van der Waals surface area (Å²) in [5, 5.41) is 6.05. The van der Waals surface area contributed by atoms with Crippen LogP contribution in [0.1, 0.15) is 32.6 Å². The van der Waals surface area contributed by atoms with Crippen LogP contribution >= 0.6 is 11.3 Å². The first kappa shape index (κ1) is 17.9. The van der Waals surface area contributed by atoms with Crippen LogP contribution in [0.4, 0.5) is 0 Å². The third-order valence-electron chi connectivity index (χ3n) is 5.22. The largest absolute Gasteiger partial charge is 0.467 e. The lowest BCUT2D eigenvalue weighted by Gasteiger charge is -2.29. The van der Waals surface area contributed by atoms with Crippen molar-refractivity contribution >= 4 is 27.5 Å². The molecule has 2 aromatic heterocycles. The number of carbonyl (C=O) groups excluding carboxylic acids is 1. The molecule has 1 aliphatic carbocycles. The van der Waals surface area contributed by atoms with Crippen molar-refractivity contribution in [1.82, 2.24) is 15.3 Å². The van der Waals surface area contributed by atoms with E-state index in [-0.39, 0.29) is 18.6 Å². The molecule has 1 N–H and O–H groups in total. The predicted molar refractivity (Wildman–Crippen MR) is 108 cm³/mol. The van der Waals surface area contributed by atoms with Crippen LogP contribution in [-0.2, 0) is 4.79 Å². The van der Waals surface area contributed by atoms with Gasteiger partial charge in [-0.05, 0) is 24.3 Å². The van der Waals surface area contributed by atoms with Crippen molar-refractivity contribution in [1.29, 1.82) is 0 Å². The summed E-state index contributed by atoms with van der Waals surface area (Å²) < 4.78 is 5.82. The highest BCUT2D eigenvalue weighted by Gasteiger charge is 2.23. The van der Waals surface area contributed by atoms with E-state index >= 15 is 0 Å². The zero-order chi connectivity index (χ0) is 18.6. The minimum absolute atomic E-state index is 0.0284. The van der Waals surface area contributed by atoms with Gasteiger partial charge in [0.25, 0.3) is 5.91 Å². The molecule has 5 nitrogen and oxygen atoms in total. The van der Waals surface area contributed by atoms with Crippen LogP contribution in [0.25, 0.3) is 21.3 Å². The molecule has 0 saturated heterocycles. The van der Waals surface area contributed by atoms with Gasteiger partial charge in [-0.15, -0.1) is 11.3 Å². The van der Waals surface area contributed by atoms with Crippen molar-refractivity contribution < 1.29 is 9.53 Å². The number of aromatic nitrogens is 2. The molecule has 1 aromatic carbocycles. The number of hydrogen-bond donors (Lipinski definition) is 1. The van der Waals surface area contributed by atoms with E-state index < -0.39 is 0 Å². The first-order chi connectivity index (χ1) is 13.2. The van der Waals surface area contributed by atoms with Crippen LogP contribution in [0.3, 0.4) is 0 Å². The number of rotatable bonds is 5. The zero-order valence-electron chi connectivity index (χ0n) is 15.4. The fourth-order valence-corrected chi connectivity index (χ4v) is 4.61. The van der Waals surface area contributed by atoms with Crippen LogP contribution < -0.4 is 10.1 Å². The van der Waals surface area contributed by atoms with Gasteiger partial charge in [0.2, 0.25) is 5.88 Å². The van der Waals surface area contributed by atoms with Crippen molar-refractivity contribution in [3.63, 3.8) is 0 Å². The summed E-state index contributed by atoms with van der Waals surface area (Å²) in [7, 11) is 0. The molecule has 0 aliphatic heterocycles. The number of thiophene rings is 1. The van der Waals surface area contributed by atoms with Gasteiger partial charge in [0.1, 0.15) is 11.2 Å². The maximum absolute atomic E-state index is 12.4. The Morgan fingerprint density at radius 2 is 2.04 bits per heavy atom. The molecule has 0 spiro atoms. The molecular formula is C21H23N3O2S. The van der Waals surface area contributed by atoms with E-state index in [0.29, 0.717) is 11.8 Å². The monoisotopic (exact) mass is 381 g/mol. The molecule has 27 heavy (non-hydrogen) atoms. The quantitative estimate of drug-likeness (QED) is 0.710. The lowest BCUT2D eigenvalue weighted by molar-refractivity contribution is -0.124. The lowest BCUT2D eigenvalue weighted by Crippen LogP contribution is -2.43. The number of fused-ring (bicyclic) bond motifs is 1. The first-order valence-corrected chi connectivity index (χ1v) is 10.3. The summed E-state index contributed by atoms with van der Waals surface area (Å²) in [5.74, 6) is 0.902. The van der Waals surface area contributed by atoms with Gasteiger partial charge in [-0.1, -0.05) is 50.1 Å². The van der Waals surface area contributed by atoms with E-state index in [0.717, 1.165) is 27.8 Å². The molecule has 4 rings (SSSR count). The molecule has 140 valence electrons. The van der Waals surface area contributed by atoms with E-state index in [4.69, 9.17) is 4.74 Å². The zero-order valence-corrected chi connectivity index (χ0v) is 16.2. The second kappa shape index (κ2) is 8.05. The van der Waals surface area contributed by atoms with Crippen LogP contribution in [0.15, 0.2) is 42.0 Å². The Balaban J connectivity index is 1.50. The van der Waals surface area contributed by atoms with Crippen molar-refractivity contribution in [3.8, 4) is 17.0 Å². The van der Waals surface area contributed by atoms with Crippen LogP contribution in [0.5, 0.6) is 5.88 Å². The average molecular weight is 382 g/mol. The van der Waals surface area contributed by atoms with Crippen LogP contribution in [0, 0.1) is 5.92 Å². The molecule has 1 amide bonds. The smallest absolute Gasteiger partial charge is 0.258 e. The number of benzene rings is 1. The predicted octanol–water partition coefficient (Wildman–Crippen LogP) is 4.43. The number of carbonyl (C=O) groups is 1.